The Bertz CT molecular complexity index is 346. The van der Waals surface area contributed by atoms with E-state index in [-0.39, 0.29) is 11.0 Å². The van der Waals surface area contributed by atoms with Crippen molar-refractivity contribution in [2.24, 2.45) is 11.7 Å². The predicted octanol–water partition coefficient (Wildman–Crippen LogP) is 8.51. The highest BCUT2D eigenvalue weighted by molar-refractivity contribution is 6.77. The van der Waals surface area contributed by atoms with E-state index < -0.39 is 8.07 Å². The average Bonchev–Trinajstić information content (AvgIpc) is 2.59. The molecule has 0 bridgehead atoms. The van der Waals surface area contributed by atoms with Gasteiger partial charge >= 0.3 is 0 Å². The molecule has 0 fully saturated rings. The number of hydrogen-bond acceptors (Lipinski definition) is 1. The van der Waals surface area contributed by atoms with Gasteiger partial charge in [-0.05, 0) is 31.7 Å². The topological polar surface area (TPSA) is 57.5 Å². The highest BCUT2D eigenvalue weighted by Crippen LogP contribution is 2.42. The first-order chi connectivity index (χ1) is 13.1. The van der Waals surface area contributed by atoms with Crippen LogP contribution in [0, 0.1) is 5.92 Å². The molecule has 2 atom stereocenters. The molecule has 0 spiro atoms. The van der Waals surface area contributed by atoms with Crippen LogP contribution in [0.3, 0.4) is 0 Å². The van der Waals surface area contributed by atoms with E-state index >= 15 is 0 Å². The first kappa shape index (κ1) is 31.3. The van der Waals surface area contributed by atoms with Crippen molar-refractivity contribution in [3.8, 4) is 0 Å². The number of nitrogens with two attached hydrogens (primary N) is 1. The van der Waals surface area contributed by atoms with E-state index in [1.807, 2.05) is 0 Å². The van der Waals surface area contributed by atoms with Crippen LogP contribution < -0.4 is 5.73 Å². The minimum atomic E-state index is -1.18. The summed E-state index contributed by atoms with van der Waals surface area (Å²) < 4.78 is 0. The fourth-order valence-electron chi connectivity index (χ4n) is 5.02. The van der Waals surface area contributed by atoms with Crippen molar-refractivity contribution in [3.05, 3.63) is 0 Å². The van der Waals surface area contributed by atoms with Crippen molar-refractivity contribution in [1.82, 2.24) is 0 Å². The van der Waals surface area contributed by atoms with Crippen LogP contribution in [-0.2, 0) is 0 Å². The Morgan fingerprint density at radius 1 is 0.621 bits per heavy atom. The minimum Gasteiger partial charge on any atom is -0.412 e. The molecule has 0 saturated heterocycles. The van der Waals surface area contributed by atoms with Crippen LogP contribution in [0.2, 0.25) is 25.2 Å². The van der Waals surface area contributed by atoms with Crippen molar-refractivity contribution < 1.29 is 5.48 Å². The molecule has 0 aromatic heterocycles. The Morgan fingerprint density at radius 3 is 1.31 bits per heavy atom. The maximum Gasteiger partial charge on any atom is 0.0477 e. The Hall–Kier alpha value is 0.137. The van der Waals surface area contributed by atoms with Gasteiger partial charge in [0.05, 0.1) is 0 Å². The van der Waals surface area contributed by atoms with Crippen LogP contribution in [0.4, 0.5) is 0 Å². The summed E-state index contributed by atoms with van der Waals surface area (Å²) in [6.45, 7) is 16.9. The molecule has 0 amide bonds. The first-order valence-electron chi connectivity index (χ1n) is 12.9. The third-order valence-corrected chi connectivity index (χ3v) is 9.69. The second-order valence-electron chi connectivity index (χ2n) is 11.2. The molecular formula is C26H59NOSi. The zero-order valence-corrected chi connectivity index (χ0v) is 22.5. The van der Waals surface area contributed by atoms with Gasteiger partial charge in [-0.15, -0.1) is 0 Å². The van der Waals surface area contributed by atoms with Crippen molar-refractivity contribution >= 4 is 8.07 Å². The second kappa shape index (κ2) is 17.8. The number of rotatable bonds is 19. The van der Waals surface area contributed by atoms with Gasteiger partial charge < -0.3 is 11.2 Å². The lowest BCUT2D eigenvalue weighted by molar-refractivity contribution is 0.268. The molecule has 0 aliphatic heterocycles. The van der Waals surface area contributed by atoms with Gasteiger partial charge in [-0.2, -0.15) is 0 Å². The molecule has 0 aromatic rings. The lowest BCUT2D eigenvalue weighted by Crippen LogP contribution is -2.48. The van der Waals surface area contributed by atoms with Crippen molar-refractivity contribution in [3.63, 3.8) is 0 Å². The summed E-state index contributed by atoms with van der Waals surface area (Å²) in [5.74, 6) is 0.696. The highest BCUT2D eigenvalue weighted by atomic mass is 28.3. The Kier molecular flexibility index (Phi) is 19.2. The lowest BCUT2D eigenvalue weighted by Gasteiger charge is -2.43. The van der Waals surface area contributed by atoms with E-state index in [4.69, 9.17) is 5.73 Å². The zero-order valence-electron chi connectivity index (χ0n) is 21.5. The molecule has 3 heteroatoms. The molecule has 0 aliphatic rings. The maximum atomic E-state index is 6.63. The fraction of sp³-hybridized carbons (Fsp3) is 1.00. The third kappa shape index (κ3) is 16.5. The van der Waals surface area contributed by atoms with Crippen LogP contribution in [0.25, 0.3) is 0 Å². The van der Waals surface area contributed by atoms with E-state index in [0.717, 1.165) is 5.54 Å². The highest BCUT2D eigenvalue weighted by Gasteiger charge is 2.38. The molecule has 0 aromatic carbocycles. The monoisotopic (exact) mass is 429 g/mol. The maximum absolute atomic E-state index is 6.63. The molecule has 29 heavy (non-hydrogen) atoms. The van der Waals surface area contributed by atoms with E-state index in [0.29, 0.717) is 5.92 Å². The quantitative estimate of drug-likeness (QED) is 0.162. The van der Waals surface area contributed by atoms with E-state index in [1.165, 1.54) is 103 Å². The Balaban J connectivity index is 0. The molecule has 0 radical (unpaired) electrons. The van der Waals surface area contributed by atoms with Crippen LogP contribution in [0.15, 0.2) is 0 Å². The number of unbranched alkanes of at least 4 members (excludes halogenated alkanes) is 12. The van der Waals surface area contributed by atoms with E-state index in [2.05, 4.69) is 47.3 Å². The van der Waals surface area contributed by atoms with Crippen molar-refractivity contribution in [1.29, 1.82) is 0 Å². The summed E-state index contributed by atoms with van der Waals surface area (Å²) >= 11 is 0. The molecule has 4 N–H and O–H groups in total. The van der Waals surface area contributed by atoms with Gasteiger partial charge in [-0.3, -0.25) is 0 Å². The molecule has 178 valence electrons. The summed E-state index contributed by atoms with van der Waals surface area (Å²) in [7, 11) is -1.18. The molecule has 2 nitrogen and oxygen atoms in total. The van der Waals surface area contributed by atoms with E-state index in [9.17, 15) is 0 Å². The van der Waals surface area contributed by atoms with Crippen molar-refractivity contribution in [2.75, 3.05) is 0 Å². The predicted molar refractivity (Wildman–Crippen MR) is 138 cm³/mol. The lowest BCUT2D eigenvalue weighted by atomic mass is 9.80. The SMILES string of the molecule is CCCCCCCCCCCCCCCC(C(CCC)C(C)(C)N)[Si](C)(C)C.O. The van der Waals surface area contributed by atoms with E-state index in [1.54, 1.807) is 0 Å². The smallest absolute Gasteiger partial charge is 0.0477 e. The fourth-order valence-corrected chi connectivity index (χ4v) is 7.90. The molecular weight excluding hydrogens is 370 g/mol. The van der Waals surface area contributed by atoms with Gasteiger partial charge in [0, 0.05) is 13.6 Å². The summed E-state index contributed by atoms with van der Waals surface area (Å²) in [5.41, 5.74) is 7.47. The third-order valence-electron chi connectivity index (χ3n) is 6.77. The van der Waals surface area contributed by atoms with Gasteiger partial charge in [0.15, 0.2) is 0 Å². The summed E-state index contributed by atoms with van der Waals surface area (Å²) in [6, 6.07) is 0. The van der Waals surface area contributed by atoms with Gasteiger partial charge in [0.25, 0.3) is 0 Å². The standard InChI is InChI=1S/C26H57NSi.H2O/c1-8-10-11-12-13-14-15-16-17-18-19-20-21-23-25(28(5,6)7)24(22-9-2)26(3,4)27;/h24-25H,8-23,27H2,1-7H3;1H2. The second-order valence-corrected chi connectivity index (χ2v) is 16.7. The average molecular weight is 430 g/mol. The Morgan fingerprint density at radius 2 is 1.00 bits per heavy atom. The van der Waals surface area contributed by atoms with Crippen LogP contribution in [0.5, 0.6) is 0 Å². The van der Waals surface area contributed by atoms with Gasteiger partial charge in [-0.25, -0.2) is 0 Å². The molecule has 0 rings (SSSR count). The van der Waals surface area contributed by atoms with Crippen LogP contribution in [0.1, 0.15) is 130 Å². The Labute approximate surface area is 186 Å². The summed E-state index contributed by atoms with van der Waals surface area (Å²) in [4.78, 5) is 0. The zero-order chi connectivity index (χ0) is 21.5. The largest absolute Gasteiger partial charge is 0.412 e. The van der Waals surface area contributed by atoms with Gasteiger partial charge in [-0.1, -0.05) is 130 Å². The van der Waals surface area contributed by atoms with Gasteiger partial charge in [0.1, 0.15) is 0 Å². The normalized spacial score (nSPS) is 14.5. The summed E-state index contributed by atoms with van der Waals surface area (Å²) in [5, 5.41) is 0. The minimum absolute atomic E-state index is 0. The number of hydrogen-bond donors (Lipinski definition) is 1. The molecule has 2 unspecified atom stereocenters. The molecule has 0 heterocycles. The first-order valence-corrected chi connectivity index (χ1v) is 16.5. The van der Waals surface area contributed by atoms with Crippen LogP contribution in [-0.4, -0.2) is 19.1 Å². The van der Waals surface area contributed by atoms with Gasteiger partial charge in [0.2, 0.25) is 0 Å². The van der Waals surface area contributed by atoms with Crippen molar-refractivity contribution in [2.45, 2.75) is 161 Å². The molecule has 0 aliphatic carbocycles. The van der Waals surface area contributed by atoms with Crippen LogP contribution >= 0.6 is 0 Å². The summed E-state index contributed by atoms with van der Waals surface area (Å²) in [6.07, 6.45) is 22.8. The molecule has 0 saturated carbocycles.